The van der Waals surface area contributed by atoms with Crippen LogP contribution in [0.5, 0.6) is 0 Å². The highest BCUT2D eigenvalue weighted by Gasteiger charge is 2.24. The maximum Gasteiger partial charge on any atom is 0.224 e. The van der Waals surface area contributed by atoms with Crippen molar-refractivity contribution in [1.29, 1.82) is 0 Å². The highest BCUT2D eigenvalue weighted by Crippen LogP contribution is 2.32. The first-order chi connectivity index (χ1) is 9.74. The van der Waals surface area contributed by atoms with Crippen molar-refractivity contribution >= 4 is 11.6 Å². The molecule has 20 heavy (non-hydrogen) atoms. The van der Waals surface area contributed by atoms with Gasteiger partial charge < -0.3 is 15.7 Å². The number of fused-ring (bicyclic) bond motifs is 1. The van der Waals surface area contributed by atoms with Crippen LogP contribution in [0, 0.1) is 5.92 Å². The quantitative estimate of drug-likeness (QED) is 0.773. The molecule has 0 aromatic heterocycles. The number of piperidine rings is 1. The Labute approximate surface area is 119 Å². The molecule has 1 fully saturated rings. The van der Waals surface area contributed by atoms with Crippen LogP contribution in [0.2, 0.25) is 0 Å². The summed E-state index contributed by atoms with van der Waals surface area (Å²) in [7, 11) is 0. The number of aliphatic hydroxyl groups is 1. The molecule has 1 atom stereocenters. The predicted octanol–water partition coefficient (Wildman–Crippen LogP) is 1.99. The fourth-order valence-corrected chi connectivity index (χ4v) is 3.21. The van der Waals surface area contributed by atoms with Gasteiger partial charge in [-0.25, -0.2) is 0 Å². The molecule has 0 radical (unpaired) electrons. The van der Waals surface area contributed by atoms with Gasteiger partial charge in [0.2, 0.25) is 5.91 Å². The second-order valence-electron chi connectivity index (χ2n) is 5.85. The van der Waals surface area contributed by atoms with Crippen LogP contribution in [-0.2, 0) is 11.2 Å². The molecule has 1 aromatic carbocycles. The number of rotatable bonds is 2. The first kappa shape index (κ1) is 13.6. The predicted molar refractivity (Wildman–Crippen MR) is 78.6 cm³/mol. The maximum atomic E-state index is 11.5. The fraction of sp³-hybridized carbons (Fsp3) is 0.562. The fourth-order valence-electron chi connectivity index (χ4n) is 3.21. The lowest BCUT2D eigenvalue weighted by Gasteiger charge is -2.28. The lowest BCUT2D eigenvalue weighted by molar-refractivity contribution is -0.116. The van der Waals surface area contributed by atoms with E-state index >= 15 is 0 Å². The second-order valence-corrected chi connectivity index (χ2v) is 5.85. The summed E-state index contributed by atoms with van der Waals surface area (Å²) in [5.74, 6) is 0.435. The van der Waals surface area contributed by atoms with Crippen LogP contribution in [0.1, 0.15) is 42.9 Å². The van der Waals surface area contributed by atoms with Gasteiger partial charge in [0.15, 0.2) is 0 Å². The van der Waals surface area contributed by atoms with E-state index in [9.17, 15) is 9.90 Å². The molecule has 0 spiro atoms. The van der Waals surface area contributed by atoms with Gasteiger partial charge in [0, 0.05) is 12.1 Å². The summed E-state index contributed by atoms with van der Waals surface area (Å²) in [5, 5.41) is 16.8. The summed E-state index contributed by atoms with van der Waals surface area (Å²) in [6.45, 7) is 1.98. The van der Waals surface area contributed by atoms with Crippen molar-refractivity contribution in [1.82, 2.24) is 5.32 Å². The standard InChI is InChI=1S/C16H22N2O2/c19-15-3-1-2-12-10-13(4-5-14(12)18-15)16(20)11-6-8-17-9-7-11/h4-5,10-11,16-17,20H,1-3,6-9H2,(H,18,19). The molecular weight excluding hydrogens is 252 g/mol. The molecule has 3 N–H and O–H groups in total. The highest BCUT2D eigenvalue weighted by atomic mass is 16.3. The molecule has 1 amide bonds. The molecule has 0 saturated carbocycles. The lowest BCUT2D eigenvalue weighted by Crippen LogP contribution is -2.30. The van der Waals surface area contributed by atoms with Crippen molar-refractivity contribution in [3.05, 3.63) is 29.3 Å². The van der Waals surface area contributed by atoms with E-state index in [-0.39, 0.29) is 12.0 Å². The second kappa shape index (κ2) is 5.94. The molecule has 1 saturated heterocycles. The van der Waals surface area contributed by atoms with E-state index in [1.807, 2.05) is 12.1 Å². The summed E-state index contributed by atoms with van der Waals surface area (Å²) < 4.78 is 0. The van der Waals surface area contributed by atoms with Gasteiger partial charge in [-0.2, -0.15) is 0 Å². The van der Waals surface area contributed by atoms with Crippen molar-refractivity contribution in [2.45, 2.75) is 38.2 Å². The Kier molecular flexibility index (Phi) is 4.03. The van der Waals surface area contributed by atoms with E-state index in [1.165, 1.54) is 0 Å². The number of carbonyl (C=O) groups is 1. The van der Waals surface area contributed by atoms with Crippen LogP contribution in [0.3, 0.4) is 0 Å². The molecule has 108 valence electrons. The third-order valence-electron chi connectivity index (χ3n) is 4.43. The first-order valence-electron chi connectivity index (χ1n) is 7.55. The minimum absolute atomic E-state index is 0.0930. The van der Waals surface area contributed by atoms with Gasteiger partial charge in [0.05, 0.1) is 6.10 Å². The number of amides is 1. The van der Waals surface area contributed by atoms with E-state index in [1.54, 1.807) is 0 Å². The van der Waals surface area contributed by atoms with Gasteiger partial charge in [0.1, 0.15) is 0 Å². The van der Waals surface area contributed by atoms with E-state index in [4.69, 9.17) is 0 Å². The number of benzene rings is 1. The first-order valence-corrected chi connectivity index (χ1v) is 7.55. The number of hydrogen-bond donors (Lipinski definition) is 3. The third-order valence-corrected chi connectivity index (χ3v) is 4.43. The minimum Gasteiger partial charge on any atom is -0.388 e. The van der Waals surface area contributed by atoms with E-state index in [0.717, 1.165) is 55.6 Å². The Hall–Kier alpha value is -1.39. The van der Waals surface area contributed by atoms with Gasteiger partial charge in [0.25, 0.3) is 0 Å². The summed E-state index contributed by atoms with van der Waals surface area (Å²) in [4.78, 5) is 11.5. The molecule has 3 rings (SSSR count). The Balaban J connectivity index is 1.80. The Morgan fingerprint density at radius 3 is 2.80 bits per heavy atom. The summed E-state index contributed by atoms with van der Waals surface area (Å²) in [5.41, 5.74) is 3.06. The number of aryl methyl sites for hydroxylation is 1. The Morgan fingerprint density at radius 2 is 2.00 bits per heavy atom. The topological polar surface area (TPSA) is 61.4 Å². The van der Waals surface area contributed by atoms with Crippen molar-refractivity contribution in [2.75, 3.05) is 18.4 Å². The van der Waals surface area contributed by atoms with Crippen LogP contribution in [0.25, 0.3) is 0 Å². The summed E-state index contributed by atoms with van der Waals surface area (Å²) in [6.07, 6.45) is 4.03. The van der Waals surface area contributed by atoms with E-state index in [0.29, 0.717) is 12.3 Å². The van der Waals surface area contributed by atoms with Crippen molar-refractivity contribution in [3.63, 3.8) is 0 Å². The molecule has 0 aliphatic carbocycles. The van der Waals surface area contributed by atoms with E-state index < -0.39 is 0 Å². The maximum absolute atomic E-state index is 11.5. The zero-order valence-corrected chi connectivity index (χ0v) is 11.7. The van der Waals surface area contributed by atoms with Gasteiger partial charge in [-0.15, -0.1) is 0 Å². The van der Waals surface area contributed by atoms with Crippen LogP contribution in [-0.4, -0.2) is 24.1 Å². The molecular formula is C16H22N2O2. The van der Waals surface area contributed by atoms with Crippen LogP contribution >= 0.6 is 0 Å². The molecule has 2 heterocycles. The molecule has 2 aliphatic rings. The van der Waals surface area contributed by atoms with Gasteiger partial charge in [-0.1, -0.05) is 12.1 Å². The Bertz CT molecular complexity index is 495. The summed E-state index contributed by atoms with van der Waals surface area (Å²) >= 11 is 0. The molecule has 2 aliphatic heterocycles. The minimum atomic E-state index is -0.388. The zero-order chi connectivity index (χ0) is 13.9. The van der Waals surface area contributed by atoms with Crippen LogP contribution in [0.4, 0.5) is 5.69 Å². The average Bonchev–Trinajstić information content (AvgIpc) is 2.67. The van der Waals surface area contributed by atoms with Crippen LogP contribution < -0.4 is 10.6 Å². The van der Waals surface area contributed by atoms with Crippen molar-refractivity contribution < 1.29 is 9.90 Å². The SMILES string of the molecule is O=C1CCCc2cc(C(O)C3CCNCC3)ccc2N1. The number of carbonyl (C=O) groups excluding carboxylic acids is 1. The monoisotopic (exact) mass is 274 g/mol. The smallest absolute Gasteiger partial charge is 0.224 e. The molecule has 4 nitrogen and oxygen atoms in total. The molecule has 4 heteroatoms. The number of aliphatic hydroxyl groups excluding tert-OH is 1. The molecule has 0 bridgehead atoms. The summed E-state index contributed by atoms with van der Waals surface area (Å²) in [6, 6.07) is 5.98. The highest BCUT2D eigenvalue weighted by molar-refractivity contribution is 5.92. The van der Waals surface area contributed by atoms with E-state index in [2.05, 4.69) is 16.7 Å². The lowest BCUT2D eigenvalue weighted by atomic mass is 9.87. The number of hydrogen-bond acceptors (Lipinski definition) is 3. The zero-order valence-electron chi connectivity index (χ0n) is 11.7. The van der Waals surface area contributed by atoms with Crippen molar-refractivity contribution in [2.24, 2.45) is 5.92 Å². The number of nitrogens with one attached hydrogen (secondary N) is 2. The van der Waals surface area contributed by atoms with Crippen LogP contribution in [0.15, 0.2) is 18.2 Å². The number of anilines is 1. The van der Waals surface area contributed by atoms with Gasteiger partial charge in [-0.05, 0) is 61.9 Å². The normalized spacial score (nSPS) is 21.8. The van der Waals surface area contributed by atoms with Gasteiger partial charge in [-0.3, -0.25) is 4.79 Å². The van der Waals surface area contributed by atoms with Crippen molar-refractivity contribution in [3.8, 4) is 0 Å². The average molecular weight is 274 g/mol. The largest absolute Gasteiger partial charge is 0.388 e. The third kappa shape index (κ3) is 2.86. The molecule has 1 aromatic rings. The van der Waals surface area contributed by atoms with Gasteiger partial charge >= 0.3 is 0 Å². The molecule has 1 unspecified atom stereocenters. The Morgan fingerprint density at radius 1 is 1.20 bits per heavy atom.